The first kappa shape index (κ1) is 13.2. The van der Waals surface area contributed by atoms with Crippen LogP contribution < -0.4 is 0 Å². The average molecular weight is 236 g/mol. The fraction of sp³-hybridized carbons (Fsp3) is 0.385. The highest BCUT2D eigenvalue weighted by atomic mass is 16.4. The van der Waals surface area contributed by atoms with Gasteiger partial charge in [-0.3, -0.25) is 9.59 Å². The second-order valence-corrected chi connectivity index (χ2v) is 3.99. The zero-order valence-corrected chi connectivity index (χ0v) is 9.72. The molecule has 4 nitrogen and oxygen atoms in total. The highest BCUT2D eigenvalue weighted by Crippen LogP contribution is 2.24. The summed E-state index contributed by atoms with van der Waals surface area (Å²) < 4.78 is 0. The van der Waals surface area contributed by atoms with E-state index in [-0.39, 0.29) is 12.8 Å². The molecule has 0 heterocycles. The third-order valence-electron chi connectivity index (χ3n) is 2.70. The van der Waals surface area contributed by atoms with Crippen molar-refractivity contribution in [3.8, 4) is 0 Å². The number of aliphatic carboxylic acids is 2. The molecule has 0 unspecified atom stereocenters. The number of hydrogen-bond donors (Lipinski definition) is 2. The Balaban J connectivity index is 2.86. The molecule has 0 aliphatic rings. The zero-order valence-electron chi connectivity index (χ0n) is 9.72. The fourth-order valence-corrected chi connectivity index (χ4v) is 1.75. The number of carboxylic acids is 2. The summed E-state index contributed by atoms with van der Waals surface area (Å²) in [6, 6.07) is 7.45. The molecular formula is C13H16O4. The highest BCUT2D eigenvalue weighted by molar-refractivity contribution is 5.72. The summed E-state index contributed by atoms with van der Waals surface area (Å²) in [4.78, 5) is 21.4. The predicted molar refractivity (Wildman–Crippen MR) is 63.1 cm³/mol. The quantitative estimate of drug-likeness (QED) is 0.794. The summed E-state index contributed by atoms with van der Waals surface area (Å²) in [6.07, 6.45) is 0.596. The first-order chi connectivity index (χ1) is 8.02. The van der Waals surface area contributed by atoms with Crippen LogP contribution in [0.15, 0.2) is 24.3 Å². The van der Waals surface area contributed by atoms with E-state index < -0.39 is 17.9 Å². The lowest BCUT2D eigenvalue weighted by Crippen LogP contribution is -2.11. The number of carbonyl (C=O) groups is 2. The number of carboxylic acid groups (broad SMARTS) is 2. The molecule has 92 valence electrons. The molecule has 1 aromatic rings. The Hall–Kier alpha value is -1.84. The second kappa shape index (κ2) is 6.03. The van der Waals surface area contributed by atoms with E-state index in [0.717, 1.165) is 17.5 Å². The van der Waals surface area contributed by atoms with E-state index in [1.54, 1.807) is 0 Å². The van der Waals surface area contributed by atoms with Crippen LogP contribution in [-0.4, -0.2) is 22.2 Å². The van der Waals surface area contributed by atoms with Gasteiger partial charge in [0.2, 0.25) is 0 Å². The Labute approximate surface area is 99.9 Å². The molecule has 0 aliphatic heterocycles. The molecule has 0 fully saturated rings. The van der Waals surface area contributed by atoms with Gasteiger partial charge in [0.25, 0.3) is 0 Å². The molecule has 0 bridgehead atoms. The molecule has 1 aromatic carbocycles. The van der Waals surface area contributed by atoms with Crippen molar-refractivity contribution in [1.29, 1.82) is 0 Å². The van der Waals surface area contributed by atoms with Gasteiger partial charge >= 0.3 is 11.9 Å². The lowest BCUT2D eigenvalue weighted by atomic mass is 9.92. The van der Waals surface area contributed by atoms with Crippen molar-refractivity contribution in [1.82, 2.24) is 0 Å². The predicted octanol–water partition coefficient (Wildman–Crippen LogP) is 2.28. The molecule has 0 aliphatic carbocycles. The maximum Gasteiger partial charge on any atom is 0.303 e. The fourth-order valence-electron chi connectivity index (χ4n) is 1.75. The van der Waals surface area contributed by atoms with E-state index in [2.05, 4.69) is 0 Å². The van der Waals surface area contributed by atoms with Crippen molar-refractivity contribution < 1.29 is 19.8 Å². The van der Waals surface area contributed by atoms with Gasteiger partial charge in [-0.15, -0.1) is 0 Å². The van der Waals surface area contributed by atoms with E-state index in [9.17, 15) is 9.59 Å². The molecule has 0 aromatic heterocycles. The Morgan fingerprint density at radius 2 is 1.53 bits per heavy atom. The third-order valence-corrected chi connectivity index (χ3v) is 2.70. The molecule has 0 saturated carbocycles. The first-order valence-electron chi connectivity index (χ1n) is 5.55. The maximum absolute atomic E-state index is 10.7. The normalized spacial score (nSPS) is 10.5. The van der Waals surface area contributed by atoms with Crippen molar-refractivity contribution in [2.24, 2.45) is 0 Å². The Morgan fingerprint density at radius 1 is 1.06 bits per heavy atom. The number of benzene rings is 1. The molecule has 2 N–H and O–H groups in total. The van der Waals surface area contributed by atoms with Gasteiger partial charge in [0.15, 0.2) is 0 Å². The van der Waals surface area contributed by atoms with E-state index in [1.807, 2.05) is 31.2 Å². The summed E-state index contributed by atoms with van der Waals surface area (Å²) in [6.45, 7) is 2.03. The molecule has 1 rings (SSSR count). The SMILES string of the molecule is CCc1ccc(C(CC(=O)O)CC(=O)O)cc1. The molecule has 0 amide bonds. The molecule has 0 spiro atoms. The number of rotatable bonds is 6. The molecule has 0 radical (unpaired) electrons. The molecule has 0 atom stereocenters. The van der Waals surface area contributed by atoms with Crippen LogP contribution in [0.25, 0.3) is 0 Å². The summed E-state index contributed by atoms with van der Waals surface area (Å²) in [5.74, 6) is -2.41. The van der Waals surface area contributed by atoms with Crippen molar-refractivity contribution in [2.75, 3.05) is 0 Å². The van der Waals surface area contributed by atoms with E-state index >= 15 is 0 Å². The molecule has 4 heteroatoms. The lowest BCUT2D eigenvalue weighted by molar-refractivity contribution is -0.139. The highest BCUT2D eigenvalue weighted by Gasteiger charge is 2.18. The van der Waals surface area contributed by atoms with Gasteiger partial charge in [-0.1, -0.05) is 31.2 Å². The minimum absolute atomic E-state index is 0.155. The first-order valence-corrected chi connectivity index (χ1v) is 5.55. The van der Waals surface area contributed by atoms with Gasteiger partial charge in [0, 0.05) is 5.92 Å². The monoisotopic (exact) mass is 236 g/mol. The van der Waals surface area contributed by atoms with Gasteiger partial charge < -0.3 is 10.2 Å². The van der Waals surface area contributed by atoms with Crippen LogP contribution in [0.1, 0.15) is 36.8 Å². The smallest absolute Gasteiger partial charge is 0.303 e. The van der Waals surface area contributed by atoms with Gasteiger partial charge in [-0.05, 0) is 17.5 Å². The van der Waals surface area contributed by atoms with E-state index in [0.29, 0.717) is 0 Å². The minimum atomic E-state index is -0.976. The molecular weight excluding hydrogens is 220 g/mol. The molecule has 17 heavy (non-hydrogen) atoms. The van der Waals surface area contributed by atoms with Crippen LogP contribution in [-0.2, 0) is 16.0 Å². The lowest BCUT2D eigenvalue weighted by Gasteiger charge is -2.13. The van der Waals surface area contributed by atoms with E-state index in [1.165, 1.54) is 0 Å². The van der Waals surface area contributed by atoms with Crippen LogP contribution in [0.2, 0.25) is 0 Å². The summed E-state index contributed by atoms with van der Waals surface area (Å²) in [7, 11) is 0. The minimum Gasteiger partial charge on any atom is -0.481 e. The topological polar surface area (TPSA) is 74.6 Å². The van der Waals surface area contributed by atoms with Crippen LogP contribution in [0.3, 0.4) is 0 Å². The van der Waals surface area contributed by atoms with Crippen LogP contribution in [0.5, 0.6) is 0 Å². The largest absolute Gasteiger partial charge is 0.481 e. The third kappa shape index (κ3) is 4.26. The Bertz CT molecular complexity index is 378. The van der Waals surface area contributed by atoms with Gasteiger partial charge in [0.05, 0.1) is 12.8 Å². The van der Waals surface area contributed by atoms with Crippen molar-refractivity contribution in [3.05, 3.63) is 35.4 Å². The van der Waals surface area contributed by atoms with Crippen LogP contribution in [0, 0.1) is 0 Å². The molecule has 0 saturated heterocycles. The number of aryl methyl sites for hydroxylation is 1. The van der Waals surface area contributed by atoms with Crippen molar-refractivity contribution in [3.63, 3.8) is 0 Å². The van der Waals surface area contributed by atoms with Crippen molar-refractivity contribution in [2.45, 2.75) is 32.1 Å². The number of hydrogen-bond acceptors (Lipinski definition) is 2. The summed E-state index contributed by atoms with van der Waals surface area (Å²) in [5, 5.41) is 17.5. The summed E-state index contributed by atoms with van der Waals surface area (Å²) in [5.41, 5.74) is 1.92. The van der Waals surface area contributed by atoms with Crippen molar-refractivity contribution >= 4 is 11.9 Å². The average Bonchev–Trinajstić information content (AvgIpc) is 2.27. The Morgan fingerprint density at radius 3 is 1.88 bits per heavy atom. The van der Waals surface area contributed by atoms with Gasteiger partial charge in [0.1, 0.15) is 0 Å². The van der Waals surface area contributed by atoms with Gasteiger partial charge in [-0.2, -0.15) is 0 Å². The Kier molecular flexibility index (Phi) is 4.69. The summed E-state index contributed by atoms with van der Waals surface area (Å²) >= 11 is 0. The van der Waals surface area contributed by atoms with Crippen LogP contribution in [0.4, 0.5) is 0 Å². The maximum atomic E-state index is 10.7. The van der Waals surface area contributed by atoms with Crippen LogP contribution >= 0.6 is 0 Å². The van der Waals surface area contributed by atoms with Gasteiger partial charge in [-0.25, -0.2) is 0 Å². The van der Waals surface area contributed by atoms with E-state index in [4.69, 9.17) is 10.2 Å². The zero-order chi connectivity index (χ0) is 12.8. The second-order valence-electron chi connectivity index (χ2n) is 3.99. The standard InChI is InChI=1S/C13H16O4/c1-2-9-3-5-10(6-4-9)11(7-12(14)15)8-13(16)17/h3-6,11H,2,7-8H2,1H3,(H,14,15)(H,16,17).